The molecule has 26 heavy (non-hydrogen) atoms. The van der Waals surface area contributed by atoms with Crippen LogP contribution in [0.3, 0.4) is 0 Å². The van der Waals surface area contributed by atoms with Crippen LogP contribution < -0.4 is 0 Å². The van der Waals surface area contributed by atoms with Crippen LogP contribution in [0.5, 0.6) is 0 Å². The lowest BCUT2D eigenvalue weighted by Gasteiger charge is -2.16. The van der Waals surface area contributed by atoms with Gasteiger partial charge in [-0.3, -0.25) is 0 Å². The van der Waals surface area contributed by atoms with Crippen LogP contribution in [0.1, 0.15) is 64.2 Å². The Morgan fingerprint density at radius 2 is 0.885 bits per heavy atom. The van der Waals surface area contributed by atoms with Gasteiger partial charge < -0.3 is 29.9 Å². The Kier molecular flexibility index (Phi) is 16.4. The molecule has 0 radical (unpaired) electrons. The van der Waals surface area contributed by atoms with E-state index in [-0.39, 0.29) is 26.4 Å². The maximum atomic E-state index is 11.6. The minimum Gasteiger partial charge on any atom is -0.464 e. The number of esters is 2. The van der Waals surface area contributed by atoms with Crippen LogP contribution in [0.25, 0.3) is 0 Å². The van der Waals surface area contributed by atoms with Crippen molar-refractivity contribution in [3.05, 3.63) is 0 Å². The van der Waals surface area contributed by atoms with E-state index >= 15 is 0 Å². The van der Waals surface area contributed by atoms with E-state index in [1.54, 1.807) is 0 Å². The monoisotopic (exact) mass is 378 g/mol. The van der Waals surface area contributed by atoms with E-state index in [0.29, 0.717) is 12.8 Å². The van der Waals surface area contributed by atoms with Gasteiger partial charge >= 0.3 is 11.9 Å². The first-order chi connectivity index (χ1) is 12.5. The van der Waals surface area contributed by atoms with Crippen molar-refractivity contribution in [1.82, 2.24) is 0 Å². The molecule has 154 valence electrons. The van der Waals surface area contributed by atoms with Crippen molar-refractivity contribution in [3.63, 3.8) is 0 Å². The number of rotatable bonds is 17. The van der Waals surface area contributed by atoms with E-state index in [2.05, 4.69) is 0 Å². The van der Waals surface area contributed by atoms with E-state index in [0.717, 1.165) is 51.4 Å². The number of hydrogen-bond acceptors (Lipinski definition) is 8. The number of hydrogen-bond donors (Lipinski definition) is 4. The van der Waals surface area contributed by atoms with Gasteiger partial charge in [-0.05, 0) is 25.7 Å². The van der Waals surface area contributed by atoms with E-state index in [1.165, 1.54) is 0 Å². The zero-order chi connectivity index (χ0) is 19.6. The molecule has 0 aromatic carbocycles. The van der Waals surface area contributed by atoms with Gasteiger partial charge in [0.05, 0.1) is 13.2 Å². The van der Waals surface area contributed by atoms with Crippen molar-refractivity contribution in [2.45, 2.75) is 76.4 Å². The molecule has 0 heterocycles. The Morgan fingerprint density at radius 1 is 0.577 bits per heavy atom. The lowest BCUT2D eigenvalue weighted by Crippen LogP contribution is -2.41. The van der Waals surface area contributed by atoms with Crippen molar-refractivity contribution in [3.8, 4) is 0 Å². The van der Waals surface area contributed by atoms with Crippen molar-refractivity contribution < 1.29 is 39.5 Å². The summed E-state index contributed by atoms with van der Waals surface area (Å²) in [4.78, 5) is 23.2. The van der Waals surface area contributed by atoms with Crippen molar-refractivity contribution in [1.29, 1.82) is 0 Å². The zero-order valence-corrected chi connectivity index (χ0v) is 15.5. The van der Waals surface area contributed by atoms with Crippen LogP contribution in [-0.2, 0) is 19.1 Å². The normalized spacial score (nSPS) is 13.2. The number of ether oxygens (including phenoxy) is 2. The molecule has 0 amide bonds. The van der Waals surface area contributed by atoms with Crippen LogP contribution in [0.15, 0.2) is 0 Å². The molecule has 0 aromatic heterocycles. The first-order valence-electron chi connectivity index (χ1n) is 9.45. The standard InChI is InChI=1S/C18H34O8/c19-11-7-3-1-5-9-13-25-17(23)15(21)16(22)18(24)26-14-10-6-2-4-8-12-20/h15-16,19-22H,1-14H2. The third-order valence-electron chi connectivity index (χ3n) is 3.88. The average Bonchev–Trinajstić information content (AvgIpc) is 2.64. The molecule has 4 N–H and O–H groups in total. The highest BCUT2D eigenvalue weighted by Gasteiger charge is 2.32. The van der Waals surface area contributed by atoms with E-state index in [1.807, 2.05) is 0 Å². The number of unbranched alkanes of at least 4 members (excludes halogenated alkanes) is 8. The van der Waals surface area contributed by atoms with Crippen LogP contribution in [0.2, 0.25) is 0 Å². The maximum absolute atomic E-state index is 11.6. The minimum absolute atomic E-state index is 0.102. The lowest BCUT2D eigenvalue weighted by atomic mass is 10.1. The topological polar surface area (TPSA) is 134 Å². The van der Waals surface area contributed by atoms with Crippen molar-refractivity contribution in [2.24, 2.45) is 0 Å². The molecular weight excluding hydrogens is 344 g/mol. The van der Waals surface area contributed by atoms with Gasteiger partial charge in [0, 0.05) is 13.2 Å². The van der Waals surface area contributed by atoms with Gasteiger partial charge in [0.1, 0.15) is 0 Å². The molecule has 0 bridgehead atoms. The van der Waals surface area contributed by atoms with Gasteiger partial charge in [0.2, 0.25) is 0 Å². The first-order valence-corrected chi connectivity index (χ1v) is 9.45. The predicted molar refractivity (Wildman–Crippen MR) is 94.3 cm³/mol. The second-order valence-electron chi connectivity index (χ2n) is 6.21. The molecule has 0 aromatic rings. The van der Waals surface area contributed by atoms with Crippen LogP contribution in [0, 0.1) is 0 Å². The molecule has 0 aliphatic carbocycles. The maximum Gasteiger partial charge on any atom is 0.338 e. The third kappa shape index (κ3) is 13.0. The van der Waals surface area contributed by atoms with Gasteiger partial charge in [0.15, 0.2) is 12.2 Å². The highest BCUT2D eigenvalue weighted by molar-refractivity contribution is 5.85. The quantitative estimate of drug-likeness (QED) is 0.214. The van der Waals surface area contributed by atoms with Gasteiger partial charge in [-0.1, -0.05) is 38.5 Å². The molecule has 0 fully saturated rings. The molecule has 0 saturated carbocycles. The smallest absolute Gasteiger partial charge is 0.338 e. The third-order valence-corrected chi connectivity index (χ3v) is 3.88. The number of aliphatic hydroxyl groups is 4. The van der Waals surface area contributed by atoms with Gasteiger partial charge in [-0.25, -0.2) is 9.59 Å². The number of carbonyl (C=O) groups excluding carboxylic acids is 2. The fraction of sp³-hybridized carbons (Fsp3) is 0.889. The Morgan fingerprint density at radius 3 is 1.23 bits per heavy atom. The summed E-state index contributed by atoms with van der Waals surface area (Å²) < 4.78 is 9.67. The summed E-state index contributed by atoms with van der Waals surface area (Å²) in [5.41, 5.74) is 0. The fourth-order valence-corrected chi connectivity index (χ4v) is 2.26. The second-order valence-corrected chi connectivity index (χ2v) is 6.21. The zero-order valence-electron chi connectivity index (χ0n) is 15.5. The highest BCUT2D eigenvalue weighted by Crippen LogP contribution is 2.06. The Labute approximate surface area is 155 Å². The summed E-state index contributed by atoms with van der Waals surface area (Å²) in [7, 11) is 0. The SMILES string of the molecule is O=C(OCCCCCCCO)C(O)C(O)C(=O)OCCCCCCCO. The Bertz CT molecular complexity index is 327. The highest BCUT2D eigenvalue weighted by atomic mass is 16.6. The predicted octanol–water partition coefficient (Wildman–Crippen LogP) is 0.680. The largest absolute Gasteiger partial charge is 0.464 e. The van der Waals surface area contributed by atoms with Crippen LogP contribution >= 0.6 is 0 Å². The first kappa shape index (κ1) is 24.8. The van der Waals surface area contributed by atoms with Gasteiger partial charge in [-0.2, -0.15) is 0 Å². The van der Waals surface area contributed by atoms with Crippen molar-refractivity contribution in [2.75, 3.05) is 26.4 Å². The summed E-state index contributed by atoms with van der Waals surface area (Å²) in [5, 5.41) is 36.6. The summed E-state index contributed by atoms with van der Waals surface area (Å²) in [6.07, 6.45) is 4.08. The molecule has 2 atom stereocenters. The van der Waals surface area contributed by atoms with Crippen LogP contribution in [-0.4, -0.2) is 71.0 Å². The molecular formula is C18H34O8. The Balaban J connectivity index is 3.78. The molecule has 0 rings (SSSR count). The van der Waals surface area contributed by atoms with E-state index in [9.17, 15) is 19.8 Å². The summed E-state index contributed by atoms with van der Waals surface area (Å²) in [5.74, 6) is -2.09. The molecule has 2 unspecified atom stereocenters. The van der Waals surface area contributed by atoms with Gasteiger partial charge in [0.25, 0.3) is 0 Å². The molecule has 8 heteroatoms. The molecule has 0 saturated heterocycles. The summed E-state index contributed by atoms with van der Waals surface area (Å²) in [6, 6.07) is 0. The molecule has 0 spiro atoms. The summed E-state index contributed by atoms with van der Waals surface area (Å²) >= 11 is 0. The molecule has 0 aliphatic heterocycles. The molecule has 0 aliphatic rings. The summed E-state index contributed by atoms with van der Waals surface area (Å²) in [6.45, 7) is 0.535. The van der Waals surface area contributed by atoms with E-state index < -0.39 is 24.1 Å². The van der Waals surface area contributed by atoms with Gasteiger partial charge in [-0.15, -0.1) is 0 Å². The Hall–Kier alpha value is -1.22. The minimum atomic E-state index is -1.96. The van der Waals surface area contributed by atoms with Crippen LogP contribution in [0.4, 0.5) is 0 Å². The van der Waals surface area contributed by atoms with Crippen molar-refractivity contribution >= 4 is 11.9 Å². The fourth-order valence-electron chi connectivity index (χ4n) is 2.26. The van der Waals surface area contributed by atoms with E-state index in [4.69, 9.17) is 19.7 Å². The second kappa shape index (κ2) is 17.2. The lowest BCUT2D eigenvalue weighted by molar-refractivity contribution is -0.173. The number of carbonyl (C=O) groups is 2. The molecule has 8 nitrogen and oxygen atoms in total. The number of aliphatic hydroxyl groups excluding tert-OH is 4. The average molecular weight is 378 g/mol.